The predicted molar refractivity (Wildman–Crippen MR) is 117 cm³/mol. The average Bonchev–Trinajstić information content (AvgIpc) is 3.21. The lowest BCUT2D eigenvalue weighted by Gasteiger charge is -2.41. The van der Waals surface area contributed by atoms with Gasteiger partial charge in [0.15, 0.2) is 0 Å². The number of ether oxygens (including phenoxy) is 1. The molecule has 10 heteroatoms. The van der Waals surface area contributed by atoms with Gasteiger partial charge < -0.3 is 19.9 Å². The summed E-state index contributed by atoms with van der Waals surface area (Å²) in [7, 11) is -3.42. The van der Waals surface area contributed by atoms with Gasteiger partial charge in [0.25, 0.3) is 5.91 Å². The lowest BCUT2D eigenvalue weighted by atomic mass is 9.98. The number of benzene rings is 1. The van der Waals surface area contributed by atoms with E-state index in [1.165, 1.54) is 0 Å². The molecule has 2 N–H and O–H groups in total. The molecule has 3 amide bonds. The summed E-state index contributed by atoms with van der Waals surface area (Å²) < 4.78 is 32.5. The summed E-state index contributed by atoms with van der Waals surface area (Å²) in [6.45, 7) is 4.18. The summed E-state index contributed by atoms with van der Waals surface area (Å²) in [6, 6.07) is 8.11. The van der Waals surface area contributed by atoms with Gasteiger partial charge >= 0.3 is 6.03 Å². The lowest BCUT2D eigenvalue weighted by Crippen LogP contribution is -2.60. The molecule has 2 aliphatic rings. The normalized spacial score (nSPS) is 24.3. The van der Waals surface area contributed by atoms with Crippen LogP contribution < -0.4 is 10.0 Å². The maximum Gasteiger partial charge on any atom is 0.317 e. The van der Waals surface area contributed by atoms with Crippen molar-refractivity contribution >= 4 is 22.0 Å². The van der Waals surface area contributed by atoms with Crippen LogP contribution in [0.4, 0.5) is 4.79 Å². The van der Waals surface area contributed by atoms with E-state index in [-0.39, 0.29) is 24.6 Å². The largest absolute Gasteiger partial charge is 0.374 e. The summed E-state index contributed by atoms with van der Waals surface area (Å²) in [6.07, 6.45) is 3.03. The number of piperidine rings is 1. The molecule has 0 bridgehead atoms. The van der Waals surface area contributed by atoms with Crippen molar-refractivity contribution in [2.45, 2.75) is 44.4 Å². The van der Waals surface area contributed by atoms with Gasteiger partial charge in [-0.15, -0.1) is 0 Å². The first-order valence-electron chi connectivity index (χ1n) is 10.8. The number of nitrogens with zero attached hydrogens (tertiary/aromatic N) is 2. The van der Waals surface area contributed by atoms with Crippen molar-refractivity contribution in [3.8, 4) is 0 Å². The van der Waals surface area contributed by atoms with Crippen LogP contribution in [0, 0.1) is 0 Å². The van der Waals surface area contributed by atoms with Gasteiger partial charge in [0.1, 0.15) is 0 Å². The number of carbonyl (C=O) groups is 2. The molecule has 172 valence electrons. The molecule has 0 aliphatic carbocycles. The van der Waals surface area contributed by atoms with Gasteiger partial charge in [0.2, 0.25) is 10.0 Å². The number of carbonyl (C=O) groups excluding carboxylic acids is 2. The Kier molecular flexibility index (Phi) is 7.90. The Labute approximate surface area is 184 Å². The highest BCUT2D eigenvalue weighted by Gasteiger charge is 2.37. The number of urea groups is 1. The zero-order valence-electron chi connectivity index (χ0n) is 18.1. The molecule has 31 heavy (non-hydrogen) atoms. The summed E-state index contributed by atoms with van der Waals surface area (Å²) in [4.78, 5) is 28.6. The smallest absolute Gasteiger partial charge is 0.317 e. The number of rotatable bonds is 7. The Morgan fingerprint density at radius 1 is 1.16 bits per heavy atom. The third-order valence-corrected chi connectivity index (χ3v) is 6.42. The van der Waals surface area contributed by atoms with E-state index in [0.717, 1.165) is 6.26 Å². The van der Waals surface area contributed by atoms with Gasteiger partial charge in [-0.2, -0.15) is 0 Å². The fourth-order valence-corrected chi connectivity index (χ4v) is 5.05. The molecule has 2 saturated heterocycles. The van der Waals surface area contributed by atoms with Crippen LogP contribution in [0.15, 0.2) is 30.3 Å². The Morgan fingerprint density at radius 2 is 1.90 bits per heavy atom. The predicted octanol–water partition coefficient (Wildman–Crippen LogP) is 1.03. The van der Waals surface area contributed by atoms with E-state index in [4.69, 9.17) is 4.74 Å². The molecule has 0 aromatic heterocycles. The van der Waals surface area contributed by atoms with E-state index in [9.17, 15) is 18.0 Å². The molecule has 3 rings (SSSR count). The number of amides is 3. The van der Waals surface area contributed by atoms with Crippen LogP contribution in [0.3, 0.4) is 0 Å². The van der Waals surface area contributed by atoms with E-state index in [2.05, 4.69) is 10.0 Å². The number of nitrogens with one attached hydrogen (secondary N) is 2. The molecule has 1 aromatic rings. The highest BCUT2D eigenvalue weighted by atomic mass is 32.2. The molecule has 3 atom stereocenters. The van der Waals surface area contributed by atoms with E-state index in [1.54, 1.807) is 21.9 Å². The summed E-state index contributed by atoms with van der Waals surface area (Å²) >= 11 is 0. The van der Waals surface area contributed by atoms with Crippen LogP contribution >= 0.6 is 0 Å². The number of likely N-dealkylation sites (tertiary alicyclic amines) is 2. The maximum absolute atomic E-state index is 12.7. The van der Waals surface area contributed by atoms with Crippen LogP contribution in [-0.2, 0) is 14.8 Å². The molecule has 9 nitrogen and oxygen atoms in total. The number of hydrogen-bond donors (Lipinski definition) is 2. The van der Waals surface area contributed by atoms with Gasteiger partial charge in [0.05, 0.1) is 25.0 Å². The first kappa shape index (κ1) is 23.5. The van der Waals surface area contributed by atoms with E-state index in [1.807, 2.05) is 25.1 Å². The quantitative estimate of drug-likeness (QED) is 0.642. The van der Waals surface area contributed by atoms with Gasteiger partial charge in [0, 0.05) is 37.8 Å². The van der Waals surface area contributed by atoms with Crippen molar-refractivity contribution in [3.63, 3.8) is 0 Å². The van der Waals surface area contributed by atoms with Crippen molar-refractivity contribution in [1.29, 1.82) is 0 Å². The zero-order chi connectivity index (χ0) is 22.4. The van der Waals surface area contributed by atoms with Crippen LogP contribution in [0.5, 0.6) is 0 Å². The van der Waals surface area contributed by atoms with Crippen molar-refractivity contribution < 1.29 is 22.7 Å². The van der Waals surface area contributed by atoms with Crippen molar-refractivity contribution in [1.82, 2.24) is 19.8 Å². The molecule has 1 aromatic carbocycles. The Morgan fingerprint density at radius 3 is 2.58 bits per heavy atom. The molecular weight excluding hydrogens is 420 g/mol. The van der Waals surface area contributed by atoms with Crippen molar-refractivity contribution in [2.75, 3.05) is 39.0 Å². The Balaban J connectivity index is 1.63. The van der Waals surface area contributed by atoms with Crippen LogP contribution in [-0.4, -0.2) is 87.4 Å². The minimum atomic E-state index is -3.42. The standard InChI is InChI=1S/C21H32N4O5S/c1-3-22-21(27)25-12-7-10-18(23-31(2,28)29)19(25)15-30-17-11-13-24(14-17)20(26)16-8-5-4-6-9-16/h4-6,8-9,17-19,23H,3,7,10-15H2,1-2H3,(H,22,27)/t17-,18?,19?/m1/s1. The third-order valence-electron chi connectivity index (χ3n) is 5.69. The fourth-order valence-electron chi connectivity index (χ4n) is 4.23. The molecule has 2 heterocycles. The second-order valence-electron chi connectivity index (χ2n) is 8.10. The van der Waals surface area contributed by atoms with Crippen LogP contribution in [0.1, 0.15) is 36.5 Å². The highest BCUT2D eigenvalue weighted by Crippen LogP contribution is 2.22. The fraction of sp³-hybridized carbons (Fsp3) is 0.619. The molecule has 0 radical (unpaired) electrons. The zero-order valence-corrected chi connectivity index (χ0v) is 18.9. The summed E-state index contributed by atoms with van der Waals surface area (Å²) in [5.41, 5.74) is 0.648. The minimum absolute atomic E-state index is 0.0232. The van der Waals surface area contributed by atoms with Crippen LogP contribution in [0.2, 0.25) is 0 Å². The molecule has 2 fully saturated rings. The van der Waals surface area contributed by atoms with Crippen LogP contribution in [0.25, 0.3) is 0 Å². The van der Waals surface area contributed by atoms with E-state index >= 15 is 0 Å². The molecule has 2 aliphatic heterocycles. The number of sulfonamides is 1. The van der Waals surface area contributed by atoms with E-state index < -0.39 is 22.1 Å². The highest BCUT2D eigenvalue weighted by molar-refractivity contribution is 7.88. The molecular formula is C21H32N4O5S. The number of hydrogen-bond acceptors (Lipinski definition) is 5. The summed E-state index contributed by atoms with van der Waals surface area (Å²) in [5, 5.41) is 2.80. The topological polar surface area (TPSA) is 108 Å². The first-order chi connectivity index (χ1) is 14.8. The first-order valence-corrected chi connectivity index (χ1v) is 12.7. The lowest BCUT2D eigenvalue weighted by molar-refractivity contribution is 0.00423. The minimum Gasteiger partial charge on any atom is -0.374 e. The van der Waals surface area contributed by atoms with E-state index in [0.29, 0.717) is 51.0 Å². The molecule has 0 saturated carbocycles. The maximum atomic E-state index is 12.7. The Bertz CT molecular complexity index is 864. The summed E-state index contributed by atoms with van der Waals surface area (Å²) in [5.74, 6) is -0.0232. The average molecular weight is 453 g/mol. The van der Waals surface area contributed by atoms with Crippen molar-refractivity contribution in [2.24, 2.45) is 0 Å². The second-order valence-corrected chi connectivity index (χ2v) is 9.88. The monoisotopic (exact) mass is 452 g/mol. The second kappa shape index (κ2) is 10.4. The Hall–Kier alpha value is -2.17. The third kappa shape index (κ3) is 6.41. The van der Waals surface area contributed by atoms with Crippen molar-refractivity contribution in [3.05, 3.63) is 35.9 Å². The van der Waals surface area contributed by atoms with Gasteiger partial charge in [-0.25, -0.2) is 17.9 Å². The molecule has 2 unspecified atom stereocenters. The van der Waals surface area contributed by atoms with Gasteiger partial charge in [-0.05, 0) is 38.3 Å². The van der Waals surface area contributed by atoms with Gasteiger partial charge in [-0.3, -0.25) is 4.79 Å². The molecule has 0 spiro atoms. The SMILES string of the molecule is CCNC(=O)N1CCCC(NS(C)(=O)=O)C1CO[C@@H]1CCN(C(=O)c2ccccc2)C1. The van der Waals surface area contributed by atoms with Gasteiger partial charge in [-0.1, -0.05) is 18.2 Å².